The van der Waals surface area contributed by atoms with Gasteiger partial charge in [-0.1, -0.05) is 18.1 Å². The maximum atomic E-state index is 10.3. The third-order valence-corrected chi connectivity index (χ3v) is 8.47. The first-order valence-electron chi connectivity index (χ1n) is 12.9. The Morgan fingerprint density at radius 1 is 1.13 bits per heavy atom. The molecule has 4 atom stereocenters. The zero-order valence-electron chi connectivity index (χ0n) is 20.8. The van der Waals surface area contributed by atoms with Crippen LogP contribution in [0.4, 0.5) is 11.5 Å². The molecule has 3 aromatic heterocycles. The molecule has 10 nitrogen and oxygen atoms in total. The Bertz CT molecular complexity index is 1560. The van der Waals surface area contributed by atoms with Crippen molar-refractivity contribution >= 4 is 11.5 Å². The summed E-state index contributed by atoms with van der Waals surface area (Å²) in [5.74, 6) is 9.03. The number of rotatable bonds is 4. The lowest BCUT2D eigenvalue weighted by molar-refractivity contribution is 0.0598. The first-order valence-corrected chi connectivity index (χ1v) is 12.9. The summed E-state index contributed by atoms with van der Waals surface area (Å²) in [6.07, 6.45) is 8.36. The Kier molecular flexibility index (Phi) is 5.25. The number of anilines is 2. The molecule has 4 unspecified atom stereocenters. The predicted molar refractivity (Wildman–Crippen MR) is 141 cm³/mol. The van der Waals surface area contributed by atoms with E-state index in [1.54, 1.807) is 23.1 Å². The molecule has 3 fully saturated rings. The minimum Gasteiger partial charge on any atom is -0.507 e. The van der Waals surface area contributed by atoms with E-state index in [2.05, 4.69) is 48.1 Å². The highest BCUT2D eigenvalue weighted by atomic mass is 16.3. The summed E-state index contributed by atoms with van der Waals surface area (Å²) in [6.45, 7) is 2.30. The molecule has 0 amide bonds. The van der Waals surface area contributed by atoms with Crippen molar-refractivity contribution in [2.45, 2.75) is 31.2 Å². The van der Waals surface area contributed by atoms with Crippen LogP contribution in [0.1, 0.15) is 30.8 Å². The van der Waals surface area contributed by atoms with Crippen LogP contribution in [0.25, 0.3) is 11.3 Å². The molecule has 2 bridgehead atoms. The van der Waals surface area contributed by atoms with E-state index >= 15 is 0 Å². The highest BCUT2D eigenvalue weighted by Gasteiger charge is 2.62. The molecule has 4 heterocycles. The monoisotopic (exact) mass is 505 g/mol. The second-order valence-corrected chi connectivity index (χ2v) is 10.6. The van der Waals surface area contributed by atoms with Gasteiger partial charge in [-0.25, -0.2) is 19.6 Å². The first-order chi connectivity index (χ1) is 18.6. The normalized spacial score (nSPS) is 25.3. The van der Waals surface area contributed by atoms with Gasteiger partial charge in [0.05, 0.1) is 17.1 Å². The summed E-state index contributed by atoms with van der Waals surface area (Å²) >= 11 is 0. The zero-order valence-corrected chi connectivity index (χ0v) is 20.8. The second-order valence-electron chi connectivity index (χ2n) is 10.6. The maximum Gasteiger partial charge on any atom is 0.205 e. The van der Waals surface area contributed by atoms with E-state index in [9.17, 15) is 5.11 Å². The van der Waals surface area contributed by atoms with Gasteiger partial charge in [0.15, 0.2) is 5.82 Å². The highest BCUT2D eigenvalue weighted by Crippen LogP contribution is 2.64. The van der Waals surface area contributed by atoms with E-state index in [4.69, 9.17) is 10.7 Å². The van der Waals surface area contributed by atoms with E-state index in [0.29, 0.717) is 47.2 Å². The molecule has 4 aromatic rings. The minimum atomic E-state index is 0.107. The number of benzene rings is 1. The number of nitrogen functional groups attached to an aromatic ring is 1. The highest BCUT2D eigenvalue weighted by molar-refractivity contribution is 5.74. The third kappa shape index (κ3) is 3.74. The van der Waals surface area contributed by atoms with Gasteiger partial charge in [-0.05, 0) is 67.2 Å². The maximum absolute atomic E-state index is 10.3. The lowest BCUT2D eigenvalue weighted by Gasteiger charge is -2.53. The molecule has 38 heavy (non-hydrogen) atoms. The number of phenols is 1. The van der Waals surface area contributed by atoms with E-state index in [0.717, 1.165) is 37.3 Å². The van der Waals surface area contributed by atoms with Crippen LogP contribution in [-0.4, -0.2) is 53.1 Å². The van der Waals surface area contributed by atoms with Gasteiger partial charge < -0.3 is 15.7 Å². The number of hydrogen-bond donors (Lipinski definition) is 2. The van der Waals surface area contributed by atoms with Gasteiger partial charge in [-0.15, -0.1) is 10.2 Å². The Labute approximate surface area is 220 Å². The topological polar surface area (TPSA) is 132 Å². The predicted octanol–water partition coefficient (Wildman–Crippen LogP) is 2.67. The second kappa shape index (κ2) is 8.80. The van der Waals surface area contributed by atoms with Gasteiger partial charge >= 0.3 is 0 Å². The van der Waals surface area contributed by atoms with Crippen LogP contribution in [0.5, 0.6) is 5.75 Å². The molecule has 1 saturated heterocycles. The Morgan fingerprint density at radius 2 is 2.05 bits per heavy atom. The molecule has 0 radical (unpaired) electrons. The number of phenolic OH excluding ortho intramolecular Hbond substituents is 1. The van der Waals surface area contributed by atoms with Gasteiger partial charge in [0.25, 0.3) is 0 Å². The first kappa shape index (κ1) is 22.7. The van der Waals surface area contributed by atoms with E-state index < -0.39 is 0 Å². The smallest absolute Gasteiger partial charge is 0.205 e. The summed E-state index contributed by atoms with van der Waals surface area (Å²) in [7, 11) is 0. The van der Waals surface area contributed by atoms with Gasteiger partial charge in [0.2, 0.25) is 5.82 Å². The average molecular weight is 506 g/mol. The molecular formula is C28H27N9O. The van der Waals surface area contributed by atoms with Crippen molar-refractivity contribution in [3.63, 3.8) is 0 Å². The average Bonchev–Trinajstić information content (AvgIpc) is 3.49. The quantitative estimate of drug-likeness (QED) is 0.402. The SMILES string of the molecule is Nc1nnc(-c2ccccc2O)cc1N1CC2CC3C(C1)CC3(c1ccnc(C#CCn3cncn3)n1)C2. The summed E-state index contributed by atoms with van der Waals surface area (Å²) in [4.78, 5) is 15.6. The minimum absolute atomic E-state index is 0.107. The molecular weight excluding hydrogens is 478 g/mol. The van der Waals surface area contributed by atoms with Gasteiger partial charge in [-0.2, -0.15) is 5.10 Å². The number of nitrogens with zero attached hydrogens (tertiary/aromatic N) is 8. The zero-order chi connectivity index (χ0) is 25.7. The van der Waals surface area contributed by atoms with Crippen molar-refractivity contribution in [2.24, 2.45) is 17.8 Å². The number of nitrogens with two attached hydrogens (primary N) is 1. The fourth-order valence-corrected chi connectivity index (χ4v) is 6.94. The molecule has 2 saturated carbocycles. The Hall–Kier alpha value is -4.52. The van der Waals surface area contributed by atoms with E-state index in [1.165, 1.54) is 12.7 Å². The van der Waals surface area contributed by atoms with Crippen LogP contribution in [0, 0.1) is 29.6 Å². The summed E-state index contributed by atoms with van der Waals surface area (Å²) in [5, 5.41) is 22.9. The number of aromatic hydroxyl groups is 1. The van der Waals surface area contributed by atoms with E-state index in [-0.39, 0.29) is 11.2 Å². The fraction of sp³-hybridized carbons (Fsp3) is 0.357. The fourth-order valence-electron chi connectivity index (χ4n) is 6.94. The van der Waals surface area contributed by atoms with Crippen molar-refractivity contribution in [1.82, 2.24) is 34.9 Å². The van der Waals surface area contributed by atoms with Crippen LogP contribution in [-0.2, 0) is 12.0 Å². The number of aromatic nitrogens is 7. The van der Waals surface area contributed by atoms with Crippen molar-refractivity contribution < 1.29 is 5.11 Å². The van der Waals surface area contributed by atoms with Crippen molar-refractivity contribution in [1.29, 1.82) is 0 Å². The molecule has 0 spiro atoms. The Balaban J connectivity index is 1.12. The van der Waals surface area contributed by atoms with Crippen LogP contribution >= 0.6 is 0 Å². The van der Waals surface area contributed by atoms with Crippen molar-refractivity contribution in [3.05, 3.63) is 66.8 Å². The number of para-hydroxylation sites is 1. The molecule has 1 aliphatic heterocycles. The van der Waals surface area contributed by atoms with Gasteiger partial charge in [0.1, 0.15) is 24.9 Å². The third-order valence-electron chi connectivity index (χ3n) is 8.47. The van der Waals surface area contributed by atoms with Gasteiger partial charge in [-0.3, -0.25) is 0 Å². The molecule has 7 rings (SSSR count). The number of fused-ring (bicyclic) bond motifs is 1. The summed E-state index contributed by atoms with van der Waals surface area (Å²) < 4.78 is 1.68. The lowest BCUT2D eigenvalue weighted by atomic mass is 9.53. The molecule has 3 aliphatic rings. The molecule has 10 heteroatoms. The summed E-state index contributed by atoms with van der Waals surface area (Å²) in [6, 6.07) is 11.2. The molecule has 1 aromatic carbocycles. The van der Waals surface area contributed by atoms with Crippen LogP contribution in [0.3, 0.4) is 0 Å². The van der Waals surface area contributed by atoms with Crippen molar-refractivity contribution in [3.8, 4) is 28.8 Å². The molecule has 3 N–H and O–H groups in total. The van der Waals surface area contributed by atoms with Crippen LogP contribution in [0.2, 0.25) is 0 Å². The number of hydrogen-bond acceptors (Lipinski definition) is 9. The molecule has 190 valence electrons. The van der Waals surface area contributed by atoms with Crippen LogP contribution < -0.4 is 10.6 Å². The van der Waals surface area contributed by atoms with E-state index in [1.807, 2.05) is 24.4 Å². The van der Waals surface area contributed by atoms with Crippen molar-refractivity contribution in [2.75, 3.05) is 23.7 Å². The summed E-state index contributed by atoms with van der Waals surface area (Å²) in [5.41, 5.74) is 9.75. The standard InChI is InChI=1S/C28H27N9O/c29-27-23(11-22(34-35-27)20-4-1-2-5-24(20)38)36-14-18-10-21-19(15-36)13-28(21,12-18)25-7-8-31-26(33-25)6-3-9-37-17-30-16-32-37/h1-2,4-5,7-8,11,16-19,21,38H,9-10,12-15H2,(H2,29,35). The lowest BCUT2D eigenvalue weighted by Crippen LogP contribution is -2.53. The largest absolute Gasteiger partial charge is 0.507 e. The van der Waals surface area contributed by atoms with Crippen LogP contribution in [0.15, 0.2) is 55.2 Å². The molecule has 2 aliphatic carbocycles. The van der Waals surface area contributed by atoms with Gasteiger partial charge in [0, 0.05) is 30.3 Å². The Morgan fingerprint density at radius 3 is 2.92 bits per heavy atom.